The average Bonchev–Trinajstić information content (AvgIpc) is 2.03. The van der Waals surface area contributed by atoms with Gasteiger partial charge in [0.1, 0.15) is 6.29 Å². The number of allylic oxidation sites excluding steroid dienone is 1. The third-order valence-corrected chi connectivity index (χ3v) is 4.36. The zero-order chi connectivity index (χ0) is 9.95. The summed E-state index contributed by atoms with van der Waals surface area (Å²) >= 11 is 0. The summed E-state index contributed by atoms with van der Waals surface area (Å²) in [6.07, 6.45) is 4.13. The number of rotatable bonds is 3. The van der Waals surface area contributed by atoms with Crippen LogP contribution in [0.5, 0.6) is 0 Å². The van der Waals surface area contributed by atoms with Crippen LogP contribution in [0.1, 0.15) is 19.3 Å². The molecule has 1 heterocycles. The van der Waals surface area contributed by atoms with Gasteiger partial charge in [0.05, 0.1) is 11.5 Å². The first-order chi connectivity index (χ1) is 6.04. The van der Waals surface area contributed by atoms with Crippen molar-refractivity contribution in [2.24, 2.45) is 5.41 Å². The van der Waals surface area contributed by atoms with E-state index in [1.54, 1.807) is 6.08 Å². The topological polar surface area (TPSA) is 51.2 Å². The first-order valence-electron chi connectivity index (χ1n) is 4.31. The van der Waals surface area contributed by atoms with E-state index in [1.165, 1.54) is 0 Å². The van der Waals surface area contributed by atoms with E-state index in [2.05, 4.69) is 6.58 Å². The summed E-state index contributed by atoms with van der Waals surface area (Å²) < 4.78 is 22.6. The highest BCUT2D eigenvalue weighted by molar-refractivity contribution is 7.91. The predicted molar refractivity (Wildman–Crippen MR) is 51.2 cm³/mol. The Hall–Kier alpha value is -0.640. The van der Waals surface area contributed by atoms with Crippen molar-refractivity contribution in [3.05, 3.63) is 12.7 Å². The van der Waals surface area contributed by atoms with Crippen LogP contribution in [0.25, 0.3) is 0 Å². The van der Waals surface area contributed by atoms with Crippen LogP contribution in [-0.4, -0.2) is 26.2 Å². The van der Waals surface area contributed by atoms with Gasteiger partial charge in [-0.3, -0.25) is 0 Å². The van der Waals surface area contributed by atoms with Crippen LogP contribution in [0.4, 0.5) is 0 Å². The molecule has 0 saturated carbocycles. The minimum atomic E-state index is -3.00. The van der Waals surface area contributed by atoms with Crippen LogP contribution in [0.3, 0.4) is 0 Å². The lowest BCUT2D eigenvalue weighted by atomic mass is 9.83. The van der Waals surface area contributed by atoms with Gasteiger partial charge in [-0.2, -0.15) is 0 Å². The third-order valence-electron chi connectivity index (χ3n) is 2.44. The molecule has 1 atom stereocenters. The highest BCUT2D eigenvalue weighted by Crippen LogP contribution is 2.32. The molecule has 1 aliphatic heterocycles. The molecular weight excluding hydrogens is 188 g/mol. The summed E-state index contributed by atoms with van der Waals surface area (Å²) in [4.78, 5) is 10.8. The van der Waals surface area contributed by atoms with Gasteiger partial charge in [0.25, 0.3) is 0 Å². The monoisotopic (exact) mass is 202 g/mol. The molecule has 74 valence electrons. The molecule has 0 aromatic rings. The van der Waals surface area contributed by atoms with E-state index in [-0.39, 0.29) is 11.5 Å². The van der Waals surface area contributed by atoms with Crippen LogP contribution >= 0.6 is 0 Å². The van der Waals surface area contributed by atoms with Gasteiger partial charge in [0.2, 0.25) is 0 Å². The Morgan fingerprint density at radius 1 is 1.46 bits per heavy atom. The molecule has 1 saturated heterocycles. The van der Waals surface area contributed by atoms with Gasteiger partial charge in [-0.25, -0.2) is 8.42 Å². The smallest absolute Gasteiger partial charge is 0.151 e. The lowest BCUT2D eigenvalue weighted by Crippen LogP contribution is -2.37. The maximum absolute atomic E-state index is 11.3. The minimum absolute atomic E-state index is 0.00444. The molecule has 0 amide bonds. The Morgan fingerprint density at radius 3 is 2.62 bits per heavy atom. The SMILES string of the molecule is C=CCC1(C=O)CCCS(=O)(=O)C1. The standard InChI is InChI=1S/C9H14O3S/c1-2-4-9(7-10)5-3-6-13(11,12)8-9/h2,7H,1,3-6,8H2. The third kappa shape index (κ3) is 2.40. The first-order valence-corrected chi connectivity index (χ1v) is 6.13. The average molecular weight is 202 g/mol. The lowest BCUT2D eigenvalue weighted by molar-refractivity contribution is -0.115. The number of aldehydes is 1. The van der Waals surface area contributed by atoms with E-state index in [4.69, 9.17) is 0 Å². The molecule has 0 N–H and O–H groups in total. The van der Waals surface area contributed by atoms with Gasteiger partial charge in [0.15, 0.2) is 9.84 Å². The van der Waals surface area contributed by atoms with Crippen molar-refractivity contribution in [3.63, 3.8) is 0 Å². The van der Waals surface area contributed by atoms with Crippen molar-refractivity contribution >= 4 is 16.1 Å². The summed E-state index contributed by atoms with van der Waals surface area (Å²) in [5.74, 6) is 0.218. The van der Waals surface area contributed by atoms with E-state index < -0.39 is 15.3 Å². The summed E-state index contributed by atoms with van der Waals surface area (Å²) in [6.45, 7) is 3.54. The molecule has 0 aromatic heterocycles. The molecule has 13 heavy (non-hydrogen) atoms. The van der Waals surface area contributed by atoms with Crippen LogP contribution in [0.2, 0.25) is 0 Å². The van der Waals surface area contributed by atoms with E-state index >= 15 is 0 Å². The Kier molecular flexibility index (Phi) is 2.91. The Bertz CT molecular complexity index is 305. The van der Waals surface area contributed by atoms with Gasteiger partial charge < -0.3 is 4.79 Å². The van der Waals surface area contributed by atoms with Crippen molar-refractivity contribution in [3.8, 4) is 0 Å². The Morgan fingerprint density at radius 2 is 2.15 bits per heavy atom. The molecule has 1 aliphatic rings. The lowest BCUT2D eigenvalue weighted by Gasteiger charge is -2.30. The second-order valence-electron chi connectivity index (χ2n) is 3.67. The summed E-state index contributed by atoms with van der Waals surface area (Å²) in [5.41, 5.74) is -0.682. The highest BCUT2D eigenvalue weighted by Gasteiger charge is 2.37. The number of hydrogen-bond donors (Lipinski definition) is 0. The number of carbonyl (C=O) groups is 1. The zero-order valence-electron chi connectivity index (χ0n) is 7.53. The van der Waals surface area contributed by atoms with Crippen molar-refractivity contribution in [2.75, 3.05) is 11.5 Å². The molecule has 0 bridgehead atoms. The van der Waals surface area contributed by atoms with Gasteiger partial charge in [0, 0.05) is 5.41 Å². The molecule has 0 spiro atoms. The second kappa shape index (κ2) is 3.62. The fourth-order valence-corrected chi connectivity index (χ4v) is 3.75. The molecule has 1 unspecified atom stereocenters. The molecule has 1 fully saturated rings. The Balaban J connectivity index is 2.88. The molecular formula is C9H14O3S. The second-order valence-corrected chi connectivity index (χ2v) is 5.85. The van der Waals surface area contributed by atoms with Gasteiger partial charge >= 0.3 is 0 Å². The van der Waals surface area contributed by atoms with Crippen LogP contribution in [0, 0.1) is 5.41 Å². The minimum Gasteiger partial charge on any atom is -0.303 e. The number of carbonyl (C=O) groups excluding carboxylic acids is 1. The van der Waals surface area contributed by atoms with Gasteiger partial charge in [-0.1, -0.05) is 6.08 Å². The molecule has 0 aliphatic carbocycles. The maximum atomic E-state index is 11.3. The molecule has 3 nitrogen and oxygen atoms in total. The maximum Gasteiger partial charge on any atom is 0.151 e. The van der Waals surface area contributed by atoms with Crippen LogP contribution in [0.15, 0.2) is 12.7 Å². The molecule has 4 heteroatoms. The molecule has 1 rings (SSSR count). The quantitative estimate of drug-likeness (QED) is 0.506. The van der Waals surface area contributed by atoms with Crippen LogP contribution in [-0.2, 0) is 14.6 Å². The van der Waals surface area contributed by atoms with Crippen molar-refractivity contribution in [2.45, 2.75) is 19.3 Å². The normalized spacial score (nSPS) is 32.3. The number of sulfone groups is 1. The van der Waals surface area contributed by atoms with Crippen molar-refractivity contribution in [1.29, 1.82) is 0 Å². The summed E-state index contributed by atoms with van der Waals surface area (Å²) in [7, 11) is -3.00. The van der Waals surface area contributed by atoms with E-state index in [0.717, 1.165) is 6.29 Å². The predicted octanol–water partition coefficient (Wildman–Crippen LogP) is 0.956. The molecule has 0 aromatic carbocycles. The largest absolute Gasteiger partial charge is 0.303 e. The van der Waals surface area contributed by atoms with Crippen LogP contribution < -0.4 is 0 Å². The fourth-order valence-electron chi connectivity index (χ4n) is 1.82. The van der Waals surface area contributed by atoms with E-state index in [0.29, 0.717) is 19.3 Å². The number of hydrogen-bond acceptors (Lipinski definition) is 3. The fraction of sp³-hybridized carbons (Fsp3) is 0.667. The highest BCUT2D eigenvalue weighted by atomic mass is 32.2. The zero-order valence-corrected chi connectivity index (χ0v) is 8.35. The summed E-state index contributed by atoms with van der Waals surface area (Å²) in [6, 6.07) is 0. The molecule has 0 radical (unpaired) electrons. The van der Waals surface area contributed by atoms with Gasteiger partial charge in [-0.05, 0) is 19.3 Å². The Labute approximate surface area is 78.8 Å². The van der Waals surface area contributed by atoms with E-state index in [1.807, 2.05) is 0 Å². The van der Waals surface area contributed by atoms with E-state index in [9.17, 15) is 13.2 Å². The summed E-state index contributed by atoms with van der Waals surface area (Å²) in [5, 5.41) is 0. The first kappa shape index (κ1) is 10.4. The van der Waals surface area contributed by atoms with Crippen molar-refractivity contribution < 1.29 is 13.2 Å². The van der Waals surface area contributed by atoms with Crippen molar-refractivity contribution in [1.82, 2.24) is 0 Å². The van der Waals surface area contributed by atoms with Gasteiger partial charge in [-0.15, -0.1) is 6.58 Å².